The van der Waals surface area contributed by atoms with Crippen LogP contribution in [-0.4, -0.2) is 80.3 Å². The lowest BCUT2D eigenvalue weighted by Crippen LogP contribution is -2.29. The first-order valence-electron chi connectivity index (χ1n) is 32.7. The molecule has 8 atom stereocenters. The van der Waals surface area contributed by atoms with E-state index in [2.05, 4.69) is 20.9 Å². The molecule has 0 saturated carbocycles. The van der Waals surface area contributed by atoms with Crippen LogP contribution in [0, 0.1) is 17.5 Å². The average molecular weight is 1380 g/mol. The second-order valence-corrected chi connectivity index (χ2v) is 25.4. The van der Waals surface area contributed by atoms with E-state index in [0.29, 0.717) is 56.6 Å². The lowest BCUT2D eigenvalue weighted by atomic mass is 9.93. The van der Waals surface area contributed by atoms with Gasteiger partial charge in [-0.15, -0.1) is 0 Å². The summed E-state index contributed by atoms with van der Waals surface area (Å²) < 4.78 is 55.2. The van der Waals surface area contributed by atoms with Crippen molar-refractivity contribution in [2.75, 3.05) is 36.0 Å². The van der Waals surface area contributed by atoms with Crippen LogP contribution >= 0.6 is 36.7 Å². The summed E-state index contributed by atoms with van der Waals surface area (Å²) >= 11 is 17.1. The monoisotopic (exact) mass is 1380 g/mol. The van der Waals surface area contributed by atoms with E-state index < -0.39 is 12.2 Å². The highest BCUT2D eigenvalue weighted by Crippen LogP contribution is 2.45. The number of aliphatic hydroxyl groups excluding tert-OH is 2. The number of ether oxygens (including phenoxy) is 3. The fraction of sp³-hybridized carbons (Fsp3) is 0.269. The highest BCUT2D eigenvalue weighted by molar-refractivity contribution is 7.81. The molecule has 12 rings (SSSR count). The second-order valence-electron chi connectivity index (χ2n) is 24.3. The zero-order chi connectivity index (χ0) is 69.2. The van der Waals surface area contributed by atoms with E-state index in [0.717, 1.165) is 90.7 Å². The van der Waals surface area contributed by atoms with Crippen LogP contribution in [0.1, 0.15) is 122 Å². The van der Waals surface area contributed by atoms with Crippen molar-refractivity contribution < 1.29 is 52.9 Å². The Bertz CT molecular complexity index is 3900. The van der Waals surface area contributed by atoms with Crippen LogP contribution in [0.5, 0.6) is 34.5 Å². The number of halogens is 3. The minimum Gasteiger partial charge on any atom is -0.507 e. The summed E-state index contributed by atoms with van der Waals surface area (Å²) in [5, 5.41) is 65.5. The number of aromatic hydroxyl groups is 3. The van der Waals surface area contributed by atoms with Gasteiger partial charge in [-0.2, -0.15) is 0 Å². The second kappa shape index (κ2) is 34.2. The summed E-state index contributed by atoms with van der Waals surface area (Å²) in [6, 6.07) is 63.6. The van der Waals surface area contributed by atoms with Crippen LogP contribution in [0.25, 0.3) is 0 Å². The smallest absolute Gasteiger partial charge is 0.174 e. The Kier molecular flexibility index (Phi) is 24.9. The molecular formula is C78H81F3N6O8S3. The molecule has 2 unspecified atom stereocenters. The number of phenolic OH excluding ortho intramolecular Hbond substituents is 3. The first-order valence-corrected chi connectivity index (χ1v) is 33.9. The fourth-order valence-corrected chi connectivity index (χ4v) is 14.1. The van der Waals surface area contributed by atoms with Gasteiger partial charge in [0.05, 0.1) is 69.8 Å². The van der Waals surface area contributed by atoms with E-state index >= 15 is 0 Å². The summed E-state index contributed by atoms with van der Waals surface area (Å²) in [5.41, 5.74) is 7.68. The molecule has 0 amide bonds. The van der Waals surface area contributed by atoms with Crippen LogP contribution in [-0.2, 0) is 6.42 Å². The molecule has 0 radical (unpaired) electrons. The third kappa shape index (κ3) is 17.8. The number of thiocarbonyl (C=S) groups is 3. The van der Waals surface area contributed by atoms with E-state index in [-0.39, 0.29) is 71.0 Å². The number of para-hydroxylation sites is 3. The molecule has 3 heterocycles. The van der Waals surface area contributed by atoms with Gasteiger partial charge in [-0.25, -0.2) is 13.2 Å². The third-order valence-corrected chi connectivity index (χ3v) is 18.9. The largest absolute Gasteiger partial charge is 0.507 e. The molecule has 8 N–H and O–H groups in total. The summed E-state index contributed by atoms with van der Waals surface area (Å²) in [5.74, 6) is 1.40. The van der Waals surface area contributed by atoms with Gasteiger partial charge in [-0.05, 0) is 220 Å². The van der Waals surface area contributed by atoms with Gasteiger partial charge in [-0.1, -0.05) is 97.4 Å². The zero-order valence-electron chi connectivity index (χ0n) is 54.6. The number of hydrogen-bond acceptors (Lipinski definition) is 11. The van der Waals surface area contributed by atoms with Crippen LogP contribution in [0.2, 0.25) is 0 Å². The number of methoxy groups -OCH3 is 3. The molecule has 0 bridgehead atoms. The number of hydrogen-bond donors (Lipinski definition) is 8. The Labute approximate surface area is 586 Å². The van der Waals surface area contributed by atoms with Crippen LogP contribution in [0.3, 0.4) is 0 Å². The number of unbranched alkanes of at least 4 members (excludes halogenated alkanes) is 1. The van der Waals surface area contributed by atoms with Crippen LogP contribution in [0.15, 0.2) is 218 Å². The molecule has 98 heavy (non-hydrogen) atoms. The molecule has 9 aromatic carbocycles. The molecule has 3 aliphatic rings. The number of phenols is 3. The Morgan fingerprint density at radius 3 is 0.980 bits per heavy atom. The summed E-state index contributed by atoms with van der Waals surface area (Å²) in [6.07, 6.45) is 6.36. The average Bonchev–Trinajstić information content (AvgIpc) is 1.62. The van der Waals surface area contributed by atoms with Gasteiger partial charge in [0, 0.05) is 52.0 Å². The van der Waals surface area contributed by atoms with Crippen molar-refractivity contribution in [3.8, 4) is 34.5 Å². The van der Waals surface area contributed by atoms with Crippen molar-refractivity contribution in [3.05, 3.63) is 269 Å². The van der Waals surface area contributed by atoms with Crippen molar-refractivity contribution in [2.45, 2.75) is 113 Å². The highest BCUT2D eigenvalue weighted by atomic mass is 32.1. The predicted molar refractivity (Wildman–Crippen MR) is 392 cm³/mol. The highest BCUT2D eigenvalue weighted by Gasteiger charge is 2.43. The zero-order valence-corrected chi connectivity index (χ0v) is 57.1. The molecular weight excluding hydrogens is 1300 g/mol. The molecule has 510 valence electrons. The molecule has 0 aliphatic carbocycles. The number of rotatable bonds is 24. The van der Waals surface area contributed by atoms with E-state index in [4.69, 9.17) is 50.9 Å². The van der Waals surface area contributed by atoms with Gasteiger partial charge in [0.1, 0.15) is 51.9 Å². The number of anilines is 3. The molecule has 20 heteroatoms. The molecule has 0 spiro atoms. The number of aryl methyl sites for hydroxylation is 1. The summed E-state index contributed by atoms with van der Waals surface area (Å²) in [6.45, 7) is 0. The molecule has 3 aliphatic heterocycles. The van der Waals surface area contributed by atoms with E-state index in [1.165, 1.54) is 36.4 Å². The van der Waals surface area contributed by atoms with Gasteiger partial charge < -0.3 is 70.4 Å². The molecule has 0 aromatic heterocycles. The fourth-order valence-electron chi connectivity index (χ4n) is 13.0. The van der Waals surface area contributed by atoms with Crippen molar-refractivity contribution in [3.63, 3.8) is 0 Å². The van der Waals surface area contributed by atoms with Crippen molar-refractivity contribution >= 4 is 69.1 Å². The Balaban J connectivity index is 0.000000159. The Morgan fingerprint density at radius 2 is 0.684 bits per heavy atom. The Morgan fingerprint density at radius 1 is 0.388 bits per heavy atom. The number of benzene rings is 9. The van der Waals surface area contributed by atoms with Gasteiger partial charge in [0.25, 0.3) is 0 Å². The molecule has 3 fully saturated rings. The minimum absolute atomic E-state index is 0.0511. The van der Waals surface area contributed by atoms with Gasteiger partial charge in [0.2, 0.25) is 0 Å². The number of nitrogens with one attached hydrogen (secondary N) is 3. The van der Waals surface area contributed by atoms with E-state index in [1.807, 2.05) is 149 Å². The maximum Gasteiger partial charge on any atom is 0.174 e. The number of nitrogens with zero attached hydrogens (tertiary/aromatic N) is 3. The van der Waals surface area contributed by atoms with E-state index in [9.17, 15) is 38.7 Å². The van der Waals surface area contributed by atoms with Gasteiger partial charge >= 0.3 is 0 Å². The standard InChI is InChI=1S/2C26H27FN2O3S.C26H27FN2O2S/c2*1-32-20-14-15-21(24(31)16-20)25-22(28-26(33)29(25)19-6-3-2-4-7-19)8-5-9-23(30)17-10-12-18(27)13-11-17;1-31-21-15-16-22(24(30)17-21)25-23(10-6-5-7-18-11-13-19(27)14-12-18)28-26(32)29(25)20-8-3-2-4-9-20/h2*2-4,6-7,10-16,22-23,25,30-31H,5,8-9H2,1H3,(H,28,33);2-4,8-9,11-17,23,25,30H,5-7,10H2,1H3,(H,28,32)/t2*22-,23?,25-;23-,25-/m111/s1. The Hall–Kier alpha value is -9.44. The number of aliphatic hydroxyl groups is 2. The van der Waals surface area contributed by atoms with Gasteiger partial charge in [-0.3, -0.25) is 0 Å². The predicted octanol–water partition coefficient (Wildman–Crippen LogP) is 16.3. The maximum absolute atomic E-state index is 13.2. The maximum atomic E-state index is 13.2. The first-order chi connectivity index (χ1) is 47.5. The van der Waals surface area contributed by atoms with Crippen molar-refractivity contribution in [1.82, 2.24) is 16.0 Å². The lowest BCUT2D eigenvalue weighted by Gasteiger charge is -2.29. The van der Waals surface area contributed by atoms with Crippen molar-refractivity contribution in [2.24, 2.45) is 0 Å². The normalized spacial score (nSPS) is 18.5. The molecule has 9 aromatic rings. The molecule has 3 saturated heterocycles. The summed E-state index contributed by atoms with van der Waals surface area (Å²) in [7, 11) is 4.71. The SMILES string of the molecule is COc1ccc([C@@H]2[C@@H](CCCC(O)c3ccc(F)cc3)NC(=S)N2c2ccccc2)c(O)c1.COc1ccc([C@@H]2[C@@H](CCCC(O)c3ccc(F)cc3)NC(=S)N2c2ccccc2)c(O)c1.COc1ccc([C@@H]2[C@@H](CCCCc3ccc(F)cc3)NC(=S)N2c2ccccc2)c(O)c1. The summed E-state index contributed by atoms with van der Waals surface area (Å²) in [4.78, 5) is 6.14. The van der Waals surface area contributed by atoms with Crippen LogP contribution in [0.4, 0.5) is 30.2 Å². The third-order valence-electron chi connectivity index (χ3n) is 18.0. The van der Waals surface area contributed by atoms with Crippen LogP contribution < -0.4 is 44.9 Å². The first kappa shape index (κ1) is 71.3. The van der Waals surface area contributed by atoms with E-state index in [1.54, 1.807) is 63.8 Å². The topological polar surface area (TPSA) is 175 Å². The minimum atomic E-state index is -0.669. The quantitative estimate of drug-likeness (QED) is 0.0212. The lowest BCUT2D eigenvalue weighted by molar-refractivity contribution is 0.161. The van der Waals surface area contributed by atoms with Crippen molar-refractivity contribution in [1.29, 1.82) is 0 Å². The molecule has 14 nitrogen and oxygen atoms in total. The van der Waals surface area contributed by atoms with Gasteiger partial charge in [0.15, 0.2) is 15.3 Å².